The maximum absolute atomic E-state index is 11.2. The highest BCUT2D eigenvalue weighted by atomic mass is 32.2. The highest BCUT2D eigenvalue weighted by molar-refractivity contribution is 8.00. The molecule has 0 unspecified atom stereocenters. The molecule has 0 radical (unpaired) electrons. The molecule has 0 aliphatic carbocycles. The first-order chi connectivity index (χ1) is 8.13. The molecule has 0 aromatic carbocycles. The van der Waals surface area contributed by atoms with E-state index in [1.807, 2.05) is 0 Å². The molecule has 0 aliphatic heterocycles. The average molecular weight is 251 g/mol. The molecule has 6 nitrogen and oxygen atoms in total. The second-order valence-corrected chi connectivity index (χ2v) is 3.95. The van der Waals surface area contributed by atoms with Gasteiger partial charge in [-0.3, -0.25) is 4.79 Å². The van der Waals surface area contributed by atoms with E-state index in [-0.39, 0.29) is 23.9 Å². The van der Waals surface area contributed by atoms with Gasteiger partial charge in [0.1, 0.15) is 12.2 Å². The van der Waals surface area contributed by atoms with E-state index in [9.17, 15) is 9.59 Å². The Labute approximate surface area is 102 Å². The molecule has 0 bridgehead atoms. The zero-order valence-electron chi connectivity index (χ0n) is 8.71. The van der Waals surface area contributed by atoms with Crippen molar-refractivity contribution in [3.63, 3.8) is 0 Å². The Morgan fingerprint density at radius 1 is 1.59 bits per heavy atom. The fourth-order valence-electron chi connectivity index (χ4n) is 0.956. The molecule has 0 saturated carbocycles. The van der Waals surface area contributed by atoms with Gasteiger partial charge in [-0.25, -0.2) is 9.78 Å². The van der Waals surface area contributed by atoms with Crippen LogP contribution in [-0.2, 0) is 4.79 Å². The van der Waals surface area contributed by atoms with Crippen LogP contribution in [0.3, 0.4) is 0 Å². The number of amides is 1. The Kier molecular flexibility index (Phi) is 4.97. The van der Waals surface area contributed by atoms with Crippen molar-refractivity contribution < 1.29 is 14.7 Å². The Balaban J connectivity index is 2.52. The Morgan fingerprint density at radius 2 is 2.35 bits per heavy atom. The van der Waals surface area contributed by atoms with Crippen LogP contribution in [0.2, 0.25) is 0 Å². The topological polar surface area (TPSA) is 103 Å². The number of nitrogens with one attached hydrogen (secondary N) is 1. The van der Waals surface area contributed by atoms with Crippen molar-refractivity contribution in [3.8, 4) is 6.07 Å². The van der Waals surface area contributed by atoms with Crippen molar-refractivity contribution in [1.82, 2.24) is 10.3 Å². The molecule has 1 aromatic heterocycles. The molecule has 0 saturated heterocycles. The summed E-state index contributed by atoms with van der Waals surface area (Å²) in [6.45, 7) is -0.0316. The molecule has 0 spiro atoms. The predicted octanol–water partition coefficient (Wildman–Crippen LogP) is 0.512. The maximum Gasteiger partial charge on any atom is 0.354 e. The van der Waals surface area contributed by atoms with Crippen molar-refractivity contribution in [2.75, 3.05) is 12.3 Å². The smallest absolute Gasteiger partial charge is 0.354 e. The highest BCUT2D eigenvalue weighted by Crippen LogP contribution is 2.17. The van der Waals surface area contributed by atoms with Crippen LogP contribution in [0.25, 0.3) is 0 Å². The number of pyridine rings is 1. The molecular formula is C10H9N3O3S. The summed E-state index contributed by atoms with van der Waals surface area (Å²) >= 11 is 1.19. The summed E-state index contributed by atoms with van der Waals surface area (Å²) < 4.78 is 0. The van der Waals surface area contributed by atoms with Crippen LogP contribution in [0.5, 0.6) is 0 Å². The summed E-state index contributed by atoms with van der Waals surface area (Å²) in [4.78, 5) is 26.1. The molecule has 1 heterocycles. The van der Waals surface area contributed by atoms with Gasteiger partial charge in [0.15, 0.2) is 0 Å². The second-order valence-electron chi connectivity index (χ2n) is 2.91. The van der Waals surface area contributed by atoms with Gasteiger partial charge in [-0.15, -0.1) is 11.8 Å². The number of nitriles is 1. The van der Waals surface area contributed by atoms with Crippen molar-refractivity contribution in [2.45, 2.75) is 4.90 Å². The molecule has 17 heavy (non-hydrogen) atoms. The van der Waals surface area contributed by atoms with Gasteiger partial charge < -0.3 is 10.4 Å². The zero-order chi connectivity index (χ0) is 12.7. The number of aromatic nitrogens is 1. The number of carbonyl (C=O) groups excluding carboxylic acids is 1. The third kappa shape index (κ3) is 4.53. The van der Waals surface area contributed by atoms with Crippen LogP contribution in [0.1, 0.15) is 10.5 Å². The lowest BCUT2D eigenvalue weighted by Crippen LogP contribution is -2.25. The molecule has 1 aromatic rings. The average Bonchev–Trinajstić information content (AvgIpc) is 2.34. The van der Waals surface area contributed by atoms with E-state index < -0.39 is 5.97 Å². The molecular weight excluding hydrogens is 242 g/mol. The van der Waals surface area contributed by atoms with Gasteiger partial charge in [0.25, 0.3) is 0 Å². The van der Waals surface area contributed by atoms with Gasteiger partial charge in [0, 0.05) is 11.1 Å². The lowest BCUT2D eigenvalue weighted by Gasteiger charge is -2.02. The molecule has 0 atom stereocenters. The van der Waals surface area contributed by atoms with E-state index in [0.717, 1.165) is 0 Å². The quantitative estimate of drug-likeness (QED) is 0.584. The molecule has 1 amide bonds. The van der Waals surface area contributed by atoms with Crippen molar-refractivity contribution in [3.05, 3.63) is 24.0 Å². The number of carboxylic acid groups (broad SMARTS) is 1. The SMILES string of the molecule is N#CCNC(=O)CSc1ccnc(C(=O)O)c1. The van der Waals surface area contributed by atoms with E-state index in [4.69, 9.17) is 10.4 Å². The third-order valence-corrected chi connectivity index (χ3v) is 2.68. The molecule has 2 N–H and O–H groups in total. The molecule has 88 valence electrons. The minimum absolute atomic E-state index is 0.0316. The maximum atomic E-state index is 11.2. The number of thioether (sulfide) groups is 1. The number of carbonyl (C=O) groups is 2. The van der Waals surface area contributed by atoms with Crippen LogP contribution in [-0.4, -0.2) is 34.3 Å². The van der Waals surface area contributed by atoms with Crippen molar-refractivity contribution in [2.24, 2.45) is 0 Å². The fourth-order valence-corrected chi connectivity index (χ4v) is 1.71. The summed E-state index contributed by atoms with van der Waals surface area (Å²) in [5, 5.41) is 19.4. The fraction of sp³-hybridized carbons (Fsp3) is 0.200. The lowest BCUT2D eigenvalue weighted by molar-refractivity contribution is -0.118. The van der Waals surface area contributed by atoms with E-state index in [1.165, 1.54) is 24.0 Å². The Bertz CT molecular complexity index is 470. The number of rotatable bonds is 5. The minimum atomic E-state index is -1.11. The summed E-state index contributed by atoms with van der Waals surface area (Å²) in [6.07, 6.45) is 1.37. The lowest BCUT2D eigenvalue weighted by atomic mass is 10.3. The first-order valence-corrected chi connectivity index (χ1v) is 5.58. The van der Waals surface area contributed by atoms with Crippen LogP contribution in [0.15, 0.2) is 23.2 Å². The summed E-state index contributed by atoms with van der Waals surface area (Å²) in [5.74, 6) is -1.25. The van der Waals surface area contributed by atoms with Gasteiger partial charge in [0.2, 0.25) is 5.91 Å². The summed E-state index contributed by atoms with van der Waals surface area (Å²) in [5.41, 5.74) is -0.0626. The van der Waals surface area contributed by atoms with E-state index in [0.29, 0.717) is 4.90 Å². The Hall–Kier alpha value is -2.07. The van der Waals surface area contributed by atoms with Crippen LogP contribution in [0.4, 0.5) is 0 Å². The number of aromatic carboxylic acids is 1. The van der Waals surface area contributed by atoms with Crippen LogP contribution in [0, 0.1) is 11.3 Å². The molecule has 1 rings (SSSR count). The van der Waals surface area contributed by atoms with E-state index >= 15 is 0 Å². The van der Waals surface area contributed by atoms with Crippen LogP contribution < -0.4 is 5.32 Å². The standard InChI is InChI=1S/C10H9N3O3S/c11-2-4-13-9(14)6-17-7-1-3-12-8(5-7)10(15)16/h1,3,5H,4,6H2,(H,13,14)(H,15,16). The number of carboxylic acids is 1. The number of nitrogens with zero attached hydrogens (tertiary/aromatic N) is 2. The largest absolute Gasteiger partial charge is 0.477 e. The van der Waals surface area contributed by atoms with Gasteiger partial charge >= 0.3 is 5.97 Å². The molecule has 0 fully saturated rings. The van der Waals surface area contributed by atoms with E-state index in [1.54, 1.807) is 12.1 Å². The van der Waals surface area contributed by atoms with Gasteiger partial charge in [0.05, 0.1) is 11.8 Å². The summed E-state index contributed by atoms with van der Waals surface area (Å²) in [6, 6.07) is 4.81. The number of hydrogen-bond donors (Lipinski definition) is 2. The number of hydrogen-bond acceptors (Lipinski definition) is 5. The van der Waals surface area contributed by atoms with Gasteiger partial charge in [-0.05, 0) is 12.1 Å². The second kappa shape index (κ2) is 6.50. The van der Waals surface area contributed by atoms with E-state index in [2.05, 4.69) is 10.3 Å². The normalized spacial score (nSPS) is 9.35. The third-order valence-electron chi connectivity index (χ3n) is 1.69. The zero-order valence-corrected chi connectivity index (χ0v) is 9.53. The highest BCUT2D eigenvalue weighted by Gasteiger charge is 2.07. The molecule has 0 aliphatic rings. The van der Waals surface area contributed by atoms with Gasteiger partial charge in [-0.1, -0.05) is 0 Å². The van der Waals surface area contributed by atoms with Crippen molar-refractivity contribution >= 4 is 23.6 Å². The first-order valence-electron chi connectivity index (χ1n) is 4.59. The molecule has 7 heteroatoms. The Morgan fingerprint density at radius 3 is 3.00 bits per heavy atom. The monoisotopic (exact) mass is 251 g/mol. The predicted molar refractivity (Wildman–Crippen MR) is 60.5 cm³/mol. The van der Waals surface area contributed by atoms with Crippen LogP contribution >= 0.6 is 11.8 Å². The summed E-state index contributed by atoms with van der Waals surface area (Å²) in [7, 11) is 0. The van der Waals surface area contributed by atoms with Gasteiger partial charge in [-0.2, -0.15) is 5.26 Å². The first kappa shape index (κ1) is 13.0. The minimum Gasteiger partial charge on any atom is -0.477 e. The van der Waals surface area contributed by atoms with Crippen molar-refractivity contribution in [1.29, 1.82) is 5.26 Å².